The Kier molecular flexibility index (Phi) is 11.2. The maximum Gasteiger partial charge on any atom is 0.264 e. The van der Waals surface area contributed by atoms with Gasteiger partial charge in [0.05, 0.1) is 20.6 Å². The molecule has 0 aliphatic rings. The number of anilines is 1. The molecule has 3 aromatic rings. The van der Waals surface area contributed by atoms with E-state index in [0.717, 1.165) is 27.2 Å². The van der Waals surface area contributed by atoms with E-state index in [9.17, 15) is 18.0 Å². The summed E-state index contributed by atoms with van der Waals surface area (Å²) >= 11 is 16.1. The molecular formula is C28H30BrCl2N3O4S. The number of nitrogens with zero attached hydrogens (tertiary/aromatic N) is 2. The number of hydrogen-bond donors (Lipinski definition) is 1. The van der Waals surface area contributed by atoms with Crippen molar-refractivity contribution in [3.63, 3.8) is 0 Å². The average Bonchev–Trinajstić information content (AvgIpc) is 2.93. The molecule has 0 aromatic heterocycles. The van der Waals surface area contributed by atoms with Gasteiger partial charge in [0.15, 0.2) is 0 Å². The number of hydrogen-bond acceptors (Lipinski definition) is 4. The van der Waals surface area contributed by atoms with Gasteiger partial charge in [0.1, 0.15) is 12.6 Å². The number of amides is 2. The number of carbonyl (C=O) groups is 2. The van der Waals surface area contributed by atoms with E-state index in [2.05, 4.69) is 21.2 Å². The van der Waals surface area contributed by atoms with Gasteiger partial charge in [-0.25, -0.2) is 8.42 Å². The number of rotatable bonds is 12. The summed E-state index contributed by atoms with van der Waals surface area (Å²) in [5.41, 5.74) is 0.836. The van der Waals surface area contributed by atoms with E-state index in [4.69, 9.17) is 23.2 Å². The van der Waals surface area contributed by atoms with E-state index in [1.807, 2.05) is 31.2 Å². The minimum absolute atomic E-state index is 0.00344. The van der Waals surface area contributed by atoms with Gasteiger partial charge >= 0.3 is 0 Å². The van der Waals surface area contributed by atoms with Crippen LogP contribution in [0.4, 0.5) is 5.69 Å². The molecule has 0 saturated heterocycles. The summed E-state index contributed by atoms with van der Waals surface area (Å²) in [5, 5.41) is 3.00. The van der Waals surface area contributed by atoms with Crippen LogP contribution in [-0.2, 0) is 26.2 Å². The van der Waals surface area contributed by atoms with Crippen molar-refractivity contribution in [1.29, 1.82) is 0 Å². The molecule has 7 nitrogen and oxygen atoms in total. The summed E-state index contributed by atoms with van der Waals surface area (Å²) in [6.45, 7) is 3.62. The minimum Gasteiger partial charge on any atom is -0.354 e. The van der Waals surface area contributed by atoms with Gasteiger partial charge in [0, 0.05) is 17.6 Å². The number of sulfonamides is 1. The Labute approximate surface area is 248 Å². The average molecular weight is 655 g/mol. The first-order chi connectivity index (χ1) is 18.6. The van der Waals surface area contributed by atoms with Crippen LogP contribution < -0.4 is 9.62 Å². The van der Waals surface area contributed by atoms with Gasteiger partial charge in [-0.3, -0.25) is 13.9 Å². The highest BCUT2D eigenvalue weighted by Crippen LogP contribution is 2.35. The van der Waals surface area contributed by atoms with Gasteiger partial charge in [0.2, 0.25) is 11.8 Å². The molecule has 0 aliphatic heterocycles. The molecule has 208 valence electrons. The Morgan fingerprint density at radius 1 is 0.974 bits per heavy atom. The highest BCUT2D eigenvalue weighted by atomic mass is 79.9. The van der Waals surface area contributed by atoms with E-state index in [0.29, 0.717) is 6.54 Å². The maximum absolute atomic E-state index is 13.9. The standard InChI is InChI=1S/C28H30BrCl2N3O4S/c1-3-4-17-32-28(36)20(2)33(18-21-13-15-22(29)16-14-21)26(35)19-34(25-12-8-11-24(30)27(25)31)39(37,38)23-9-6-5-7-10-23/h5-16,20H,3-4,17-19H2,1-2H3,(H,32,36). The number of benzene rings is 3. The molecule has 0 bridgehead atoms. The zero-order valence-corrected chi connectivity index (χ0v) is 25.5. The summed E-state index contributed by atoms with van der Waals surface area (Å²) in [6.07, 6.45) is 1.71. The van der Waals surface area contributed by atoms with Crippen molar-refractivity contribution in [3.8, 4) is 0 Å². The summed E-state index contributed by atoms with van der Waals surface area (Å²) in [7, 11) is -4.23. The number of halogens is 3. The third-order valence-corrected chi connectivity index (χ3v) is 9.18. The summed E-state index contributed by atoms with van der Waals surface area (Å²) in [6, 6.07) is 18.8. The molecule has 1 unspecified atom stereocenters. The molecule has 1 atom stereocenters. The van der Waals surface area contributed by atoms with Crippen LogP contribution in [0.5, 0.6) is 0 Å². The predicted molar refractivity (Wildman–Crippen MR) is 160 cm³/mol. The van der Waals surface area contributed by atoms with Gasteiger partial charge in [0.25, 0.3) is 10.0 Å². The van der Waals surface area contributed by atoms with Gasteiger partial charge in [-0.05, 0) is 55.3 Å². The lowest BCUT2D eigenvalue weighted by atomic mass is 10.1. The molecular weight excluding hydrogens is 625 g/mol. The first kappa shape index (κ1) is 30.9. The van der Waals surface area contributed by atoms with Crippen molar-refractivity contribution >= 4 is 66.7 Å². The zero-order chi connectivity index (χ0) is 28.6. The molecule has 0 saturated carbocycles. The van der Waals surface area contributed by atoms with Crippen LogP contribution in [0.3, 0.4) is 0 Å². The molecule has 11 heteroatoms. The van der Waals surface area contributed by atoms with Crippen molar-refractivity contribution in [3.05, 3.63) is 92.9 Å². The summed E-state index contributed by atoms with van der Waals surface area (Å²) < 4.78 is 29.4. The molecule has 2 amide bonds. The Balaban J connectivity index is 2.02. The second-order valence-corrected chi connectivity index (χ2v) is 12.4. The lowest BCUT2D eigenvalue weighted by Gasteiger charge is -2.32. The van der Waals surface area contributed by atoms with Crippen LogP contribution in [0.2, 0.25) is 10.0 Å². The van der Waals surface area contributed by atoms with Gasteiger partial charge in [-0.2, -0.15) is 0 Å². The maximum atomic E-state index is 13.9. The van der Waals surface area contributed by atoms with Crippen LogP contribution >= 0.6 is 39.1 Å². The van der Waals surface area contributed by atoms with Crippen LogP contribution in [0.25, 0.3) is 0 Å². The van der Waals surface area contributed by atoms with Crippen molar-refractivity contribution in [1.82, 2.24) is 10.2 Å². The summed E-state index contributed by atoms with van der Waals surface area (Å²) in [5.74, 6) is -0.904. The quantitative estimate of drug-likeness (QED) is 0.233. The predicted octanol–water partition coefficient (Wildman–Crippen LogP) is 6.28. The van der Waals surface area contributed by atoms with Gasteiger partial charge in [-0.1, -0.05) is 88.9 Å². The van der Waals surface area contributed by atoms with Crippen molar-refractivity contribution < 1.29 is 18.0 Å². The minimum atomic E-state index is -4.23. The zero-order valence-electron chi connectivity index (χ0n) is 21.6. The second kappa shape index (κ2) is 14.2. The molecule has 0 fully saturated rings. The normalized spacial score (nSPS) is 12.0. The van der Waals surface area contributed by atoms with Crippen LogP contribution in [0, 0.1) is 0 Å². The van der Waals surface area contributed by atoms with E-state index in [1.54, 1.807) is 31.2 Å². The first-order valence-corrected chi connectivity index (χ1v) is 15.4. The Morgan fingerprint density at radius 3 is 2.28 bits per heavy atom. The van der Waals surface area contributed by atoms with E-state index < -0.39 is 28.5 Å². The molecule has 3 rings (SSSR count). The van der Waals surface area contributed by atoms with Crippen LogP contribution in [0.15, 0.2) is 82.2 Å². The highest BCUT2D eigenvalue weighted by Gasteiger charge is 2.33. The third kappa shape index (κ3) is 7.97. The fourth-order valence-electron chi connectivity index (χ4n) is 3.82. The second-order valence-electron chi connectivity index (χ2n) is 8.87. The number of unbranched alkanes of at least 4 members (excludes halogenated alkanes) is 1. The summed E-state index contributed by atoms with van der Waals surface area (Å²) in [4.78, 5) is 28.3. The Hall–Kier alpha value is -2.59. The lowest BCUT2D eigenvalue weighted by molar-refractivity contribution is -0.139. The van der Waals surface area contributed by atoms with E-state index in [-0.39, 0.29) is 33.1 Å². The first-order valence-electron chi connectivity index (χ1n) is 12.4. The molecule has 0 aliphatic carbocycles. The SMILES string of the molecule is CCCCNC(=O)C(C)N(Cc1ccc(Br)cc1)C(=O)CN(c1cccc(Cl)c1Cl)S(=O)(=O)c1ccccc1. The van der Waals surface area contributed by atoms with Crippen molar-refractivity contribution in [2.45, 2.75) is 44.2 Å². The lowest BCUT2D eigenvalue weighted by Crippen LogP contribution is -2.51. The molecule has 3 aromatic carbocycles. The number of nitrogens with one attached hydrogen (secondary N) is 1. The third-order valence-electron chi connectivity index (χ3n) is 6.07. The van der Waals surface area contributed by atoms with Gasteiger partial charge in [-0.15, -0.1) is 0 Å². The van der Waals surface area contributed by atoms with Crippen molar-refractivity contribution in [2.24, 2.45) is 0 Å². The Bertz CT molecular complexity index is 1390. The molecule has 1 N–H and O–H groups in total. The van der Waals surface area contributed by atoms with Gasteiger partial charge < -0.3 is 10.2 Å². The largest absolute Gasteiger partial charge is 0.354 e. The monoisotopic (exact) mass is 653 g/mol. The highest BCUT2D eigenvalue weighted by molar-refractivity contribution is 9.10. The molecule has 0 spiro atoms. The fraction of sp³-hybridized carbons (Fsp3) is 0.286. The molecule has 39 heavy (non-hydrogen) atoms. The van der Waals surface area contributed by atoms with Crippen LogP contribution in [0.1, 0.15) is 32.3 Å². The fourth-order valence-corrected chi connectivity index (χ4v) is 5.98. The molecule has 0 heterocycles. The topological polar surface area (TPSA) is 86.8 Å². The Morgan fingerprint density at radius 2 is 1.64 bits per heavy atom. The molecule has 0 radical (unpaired) electrons. The van der Waals surface area contributed by atoms with Crippen LogP contribution in [-0.4, -0.2) is 44.3 Å². The number of carbonyl (C=O) groups excluding carboxylic acids is 2. The van der Waals surface area contributed by atoms with E-state index >= 15 is 0 Å². The van der Waals surface area contributed by atoms with E-state index in [1.165, 1.54) is 29.2 Å². The smallest absolute Gasteiger partial charge is 0.264 e. The van der Waals surface area contributed by atoms with Crippen molar-refractivity contribution in [2.75, 3.05) is 17.4 Å².